The summed E-state index contributed by atoms with van der Waals surface area (Å²) in [5.41, 5.74) is 4.26. The van der Waals surface area contributed by atoms with E-state index in [1.807, 2.05) is 17.9 Å². The number of hydrogen-bond acceptors (Lipinski definition) is 5. The molecule has 0 bridgehead atoms. The first kappa shape index (κ1) is 14.5. The SMILES string of the molecule is CN1CCN(C)C(C(CCc2ccnn2C)NN)C1. The number of piperazine rings is 1. The summed E-state index contributed by atoms with van der Waals surface area (Å²) in [6, 6.07) is 2.85. The second-order valence-corrected chi connectivity index (χ2v) is 5.57. The third-order valence-electron chi connectivity index (χ3n) is 4.21. The van der Waals surface area contributed by atoms with Gasteiger partial charge in [-0.1, -0.05) is 0 Å². The second-order valence-electron chi connectivity index (χ2n) is 5.57. The first-order valence-electron chi connectivity index (χ1n) is 6.93. The van der Waals surface area contributed by atoms with Crippen molar-refractivity contribution in [1.82, 2.24) is 25.0 Å². The predicted octanol–water partition coefficient (Wildman–Crippen LogP) is -0.570. The van der Waals surface area contributed by atoms with Crippen LogP contribution in [0.3, 0.4) is 0 Å². The number of aryl methyl sites for hydroxylation is 2. The number of nitrogens with two attached hydrogens (primary N) is 1. The number of nitrogens with zero attached hydrogens (tertiary/aromatic N) is 4. The molecular formula is C13H26N6. The molecule has 1 saturated heterocycles. The van der Waals surface area contributed by atoms with Gasteiger partial charge in [-0.05, 0) is 33.0 Å². The molecule has 0 amide bonds. The summed E-state index contributed by atoms with van der Waals surface area (Å²) in [6.45, 7) is 3.30. The van der Waals surface area contributed by atoms with Gasteiger partial charge in [0.05, 0.1) is 0 Å². The molecule has 2 atom stereocenters. The van der Waals surface area contributed by atoms with Gasteiger partial charge in [0.1, 0.15) is 0 Å². The lowest BCUT2D eigenvalue weighted by atomic mass is 9.99. The van der Waals surface area contributed by atoms with Crippen LogP contribution in [0, 0.1) is 0 Å². The molecule has 6 nitrogen and oxygen atoms in total. The van der Waals surface area contributed by atoms with Crippen molar-refractivity contribution in [1.29, 1.82) is 0 Å². The summed E-state index contributed by atoms with van der Waals surface area (Å²) < 4.78 is 1.93. The van der Waals surface area contributed by atoms with Crippen LogP contribution in [-0.2, 0) is 13.5 Å². The first-order valence-corrected chi connectivity index (χ1v) is 6.93. The van der Waals surface area contributed by atoms with Gasteiger partial charge in [-0.3, -0.25) is 20.9 Å². The number of likely N-dealkylation sites (N-methyl/N-ethyl adjacent to an activating group) is 2. The van der Waals surface area contributed by atoms with Gasteiger partial charge in [-0.15, -0.1) is 0 Å². The Labute approximate surface area is 115 Å². The van der Waals surface area contributed by atoms with E-state index >= 15 is 0 Å². The van der Waals surface area contributed by atoms with Crippen LogP contribution in [0.5, 0.6) is 0 Å². The summed E-state index contributed by atoms with van der Waals surface area (Å²) in [5, 5.41) is 4.21. The maximum Gasteiger partial charge on any atom is 0.0492 e. The van der Waals surface area contributed by atoms with Crippen molar-refractivity contribution in [2.45, 2.75) is 24.9 Å². The first-order chi connectivity index (χ1) is 9.11. The minimum atomic E-state index is 0.308. The Morgan fingerprint density at radius 2 is 2.21 bits per heavy atom. The Morgan fingerprint density at radius 1 is 1.42 bits per heavy atom. The van der Waals surface area contributed by atoms with Gasteiger partial charge in [0, 0.05) is 50.7 Å². The van der Waals surface area contributed by atoms with Gasteiger partial charge in [0.2, 0.25) is 0 Å². The van der Waals surface area contributed by atoms with E-state index in [4.69, 9.17) is 5.84 Å². The molecule has 1 aromatic heterocycles. The minimum Gasteiger partial charge on any atom is -0.303 e. The fourth-order valence-corrected chi connectivity index (χ4v) is 2.82. The third kappa shape index (κ3) is 3.54. The maximum absolute atomic E-state index is 5.77. The fourth-order valence-electron chi connectivity index (χ4n) is 2.82. The number of nitrogens with one attached hydrogen (secondary N) is 1. The van der Waals surface area contributed by atoms with Crippen LogP contribution >= 0.6 is 0 Å². The Bertz CT molecular complexity index is 390. The summed E-state index contributed by atoms with van der Waals surface area (Å²) in [7, 11) is 6.35. The highest BCUT2D eigenvalue weighted by Gasteiger charge is 2.29. The van der Waals surface area contributed by atoms with E-state index in [2.05, 4.69) is 40.5 Å². The van der Waals surface area contributed by atoms with Gasteiger partial charge in [-0.2, -0.15) is 5.10 Å². The highest BCUT2D eigenvalue weighted by molar-refractivity contribution is 5.01. The Balaban J connectivity index is 1.93. The van der Waals surface area contributed by atoms with Crippen LogP contribution < -0.4 is 11.3 Å². The zero-order valence-electron chi connectivity index (χ0n) is 12.2. The number of hydrogen-bond donors (Lipinski definition) is 2. The summed E-state index contributed by atoms with van der Waals surface area (Å²) in [4.78, 5) is 4.78. The van der Waals surface area contributed by atoms with Crippen molar-refractivity contribution in [3.8, 4) is 0 Å². The van der Waals surface area contributed by atoms with E-state index in [0.29, 0.717) is 12.1 Å². The topological polar surface area (TPSA) is 62.3 Å². The predicted molar refractivity (Wildman–Crippen MR) is 76.6 cm³/mol. The van der Waals surface area contributed by atoms with E-state index < -0.39 is 0 Å². The molecule has 0 spiro atoms. The monoisotopic (exact) mass is 266 g/mol. The maximum atomic E-state index is 5.77. The molecule has 1 aliphatic rings. The van der Waals surface area contributed by atoms with E-state index in [-0.39, 0.29) is 0 Å². The molecule has 108 valence electrons. The van der Waals surface area contributed by atoms with Gasteiger partial charge >= 0.3 is 0 Å². The molecule has 0 saturated carbocycles. The van der Waals surface area contributed by atoms with Crippen molar-refractivity contribution in [2.24, 2.45) is 12.9 Å². The molecule has 0 aromatic carbocycles. The van der Waals surface area contributed by atoms with Crippen LogP contribution in [0.1, 0.15) is 12.1 Å². The van der Waals surface area contributed by atoms with Crippen LogP contribution in [0.15, 0.2) is 12.3 Å². The zero-order valence-corrected chi connectivity index (χ0v) is 12.2. The van der Waals surface area contributed by atoms with E-state index in [1.165, 1.54) is 5.69 Å². The summed E-state index contributed by atoms with van der Waals surface area (Å²) >= 11 is 0. The lowest BCUT2D eigenvalue weighted by molar-refractivity contribution is 0.0852. The largest absolute Gasteiger partial charge is 0.303 e. The van der Waals surface area contributed by atoms with Gasteiger partial charge < -0.3 is 4.90 Å². The van der Waals surface area contributed by atoms with Crippen LogP contribution in [0.25, 0.3) is 0 Å². The van der Waals surface area contributed by atoms with Crippen LogP contribution in [0.2, 0.25) is 0 Å². The molecule has 19 heavy (non-hydrogen) atoms. The van der Waals surface area contributed by atoms with Crippen molar-refractivity contribution < 1.29 is 0 Å². The van der Waals surface area contributed by atoms with E-state index in [1.54, 1.807) is 0 Å². The number of aromatic nitrogens is 2. The van der Waals surface area contributed by atoms with E-state index in [9.17, 15) is 0 Å². The molecule has 1 aromatic rings. The molecule has 0 aliphatic carbocycles. The molecular weight excluding hydrogens is 240 g/mol. The van der Waals surface area contributed by atoms with Crippen molar-refractivity contribution in [3.63, 3.8) is 0 Å². The van der Waals surface area contributed by atoms with Gasteiger partial charge in [0.25, 0.3) is 0 Å². The van der Waals surface area contributed by atoms with Gasteiger partial charge in [0.15, 0.2) is 0 Å². The lowest BCUT2D eigenvalue weighted by Gasteiger charge is -2.41. The highest BCUT2D eigenvalue weighted by atomic mass is 15.3. The molecule has 3 N–H and O–H groups in total. The second kappa shape index (κ2) is 6.47. The van der Waals surface area contributed by atoms with Crippen molar-refractivity contribution in [2.75, 3.05) is 33.7 Å². The lowest BCUT2D eigenvalue weighted by Crippen LogP contribution is -2.60. The molecule has 1 fully saturated rings. The Hall–Kier alpha value is -0.950. The smallest absolute Gasteiger partial charge is 0.0492 e. The third-order valence-corrected chi connectivity index (χ3v) is 4.21. The quantitative estimate of drug-likeness (QED) is 0.552. The summed E-state index contributed by atoms with van der Waals surface area (Å²) in [5.74, 6) is 5.77. The molecule has 6 heteroatoms. The molecule has 2 rings (SSSR count). The summed E-state index contributed by atoms with van der Waals surface area (Å²) in [6.07, 6.45) is 3.87. The van der Waals surface area contributed by atoms with Gasteiger partial charge in [-0.25, -0.2) is 0 Å². The standard InChI is InChI=1S/C13H26N6/c1-17-8-9-18(2)13(10-17)12(16-14)5-4-11-6-7-15-19(11)3/h6-7,12-13,16H,4-5,8-10,14H2,1-3H3. The average Bonchev–Trinajstić information content (AvgIpc) is 2.80. The van der Waals surface area contributed by atoms with Crippen LogP contribution in [-0.4, -0.2) is 65.4 Å². The molecule has 2 heterocycles. The minimum absolute atomic E-state index is 0.308. The molecule has 1 aliphatic heterocycles. The Kier molecular flexibility index (Phi) is 4.93. The van der Waals surface area contributed by atoms with E-state index in [0.717, 1.165) is 32.5 Å². The number of hydrazine groups is 1. The van der Waals surface area contributed by atoms with Crippen molar-refractivity contribution in [3.05, 3.63) is 18.0 Å². The highest BCUT2D eigenvalue weighted by Crippen LogP contribution is 2.14. The molecule has 0 radical (unpaired) electrons. The normalized spacial score (nSPS) is 23.7. The molecule has 2 unspecified atom stereocenters. The average molecular weight is 266 g/mol. The zero-order chi connectivity index (χ0) is 13.8. The Morgan fingerprint density at radius 3 is 2.84 bits per heavy atom. The fraction of sp³-hybridized carbons (Fsp3) is 0.769. The van der Waals surface area contributed by atoms with Crippen LogP contribution in [0.4, 0.5) is 0 Å². The van der Waals surface area contributed by atoms with Crippen molar-refractivity contribution >= 4 is 0 Å². The number of rotatable bonds is 5.